The summed E-state index contributed by atoms with van der Waals surface area (Å²) in [5, 5.41) is 4.90. The Hall–Kier alpha value is -2.83. The first-order valence-electron chi connectivity index (χ1n) is 12.0. The Morgan fingerprint density at radius 2 is 1.64 bits per heavy atom. The molecule has 2 atom stereocenters. The molecule has 36 heavy (non-hydrogen) atoms. The van der Waals surface area contributed by atoms with E-state index in [1.807, 2.05) is 0 Å². The highest BCUT2D eigenvalue weighted by atomic mass is 19.4. The molecule has 0 unspecified atom stereocenters. The summed E-state index contributed by atoms with van der Waals surface area (Å²) in [5.74, 6) is -5.24. The molecule has 204 valence electrons. The van der Waals surface area contributed by atoms with Crippen LogP contribution in [0.5, 0.6) is 0 Å². The van der Waals surface area contributed by atoms with Crippen LogP contribution in [0.3, 0.4) is 0 Å². The first-order valence-corrected chi connectivity index (χ1v) is 12.0. The molecule has 0 radical (unpaired) electrons. The summed E-state index contributed by atoms with van der Waals surface area (Å²) in [4.78, 5) is 52.7. The monoisotopic (exact) mass is 520 g/mol. The van der Waals surface area contributed by atoms with Crippen molar-refractivity contribution in [2.45, 2.75) is 65.7 Å². The van der Waals surface area contributed by atoms with Crippen LogP contribution in [0.1, 0.15) is 47.5 Å². The second-order valence-corrected chi connectivity index (χ2v) is 9.44. The number of nitrogens with one attached hydrogen (secondary N) is 2. The van der Waals surface area contributed by atoms with Crippen molar-refractivity contribution >= 4 is 23.8 Å². The number of rotatable bonds is 7. The van der Waals surface area contributed by atoms with Crippen LogP contribution in [0, 0.1) is 11.8 Å². The van der Waals surface area contributed by atoms with Crippen LogP contribution in [-0.4, -0.2) is 84.7 Å². The van der Waals surface area contributed by atoms with E-state index in [0.717, 1.165) is 6.92 Å². The Morgan fingerprint density at radius 3 is 2.14 bits per heavy atom. The second kappa shape index (κ2) is 12.4. The summed E-state index contributed by atoms with van der Waals surface area (Å²) in [6.45, 7) is 8.86. The molecule has 2 fully saturated rings. The van der Waals surface area contributed by atoms with Crippen LogP contribution in [0.15, 0.2) is 11.5 Å². The van der Waals surface area contributed by atoms with Gasteiger partial charge in [-0.2, -0.15) is 13.2 Å². The molecule has 13 heteroatoms. The molecule has 2 heterocycles. The average Bonchev–Trinajstić information content (AvgIpc) is 3.25. The lowest BCUT2D eigenvalue weighted by Gasteiger charge is -2.33. The number of ether oxygens (including phenoxy) is 2. The molecule has 0 aromatic heterocycles. The minimum absolute atomic E-state index is 0.113. The number of imide groups is 1. The first-order chi connectivity index (χ1) is 16.7. The molecule has 2 N–H and O–H groups in total. The lowest BCUT2D eigenvalue weighted by Crippen LogP contribution is -2.57. The molecule has 0 aromatic rings. The number of nitrogens with zero attached hydrogens (tertiary/aromatic N) is 2. The molecule has 0 bridgehead atoms. The van der Waals surface area contributed by atoms with Gasteiger partial charge < -0.3 is 24.6 Å². The summed E-state index contributed by atoms with van der Waals surface area (Å²) < 4.78 is 51.1. The number of hydrogen-bond acceptors (Lipinski definition) is 7. The normalized spacial score (nSPS) is 20.2. The lowest BCUT2D eigenvalue weighted by molar-refractivity contribution is -0.160. The summed E-state index contributed by atoms with van der Waals surface area (Å²) >= 11 is 0. The summed E-state index contributed by atoms with van der Waals surface area (Å²) in [6.07, 6.45) is -4.36. The van der Waals surface area contributed by atoms with E-state index in [9.17, 15) is 32.3 Å². The summed E-state index contributed by atoms with van der Waals surface area (Å²) in [6, 6.07) is -2.59. The van der Waals surface area contributed by atoms with Crippen LogP contribution < -0.4 is 10.6 Å². The fourth-order valence-corrected chi connectivity index (χ4v) is 4.26. The quantitative estimate of drug-likeness (QED) is 0.390. The van der Waals surface area contributed by atoms with E-state index < -0.39 is 53.8 Å². The van der Waals surface area contributed by atoms with Gasteiger partial charge in [0, 0.05) is 26.6 Å². The van der Waals surface area contributed by atoms with E-state index >= 15 is 0 Å². The smallest absolute Gasteiger partial charge is 0.420 e. The Balaban J connectivity index is 2.23. The topological polar surface area (TPSA) is 117 Å². The number of amides is 4. The minimum Gasteiger partial charge on any atom is -0.420 e. The maximum atomic E-state index is 13.8. The third-order valence-electron chi connectivity index (χ3n) is 5.92. The number of carbonyl (C=O) groups excluding carboxylic acids is 4. The minimum atomic E-state index is -4.96. The maximum Gasteiger partial charge on any atom is 0.451 e. The summed E-state index contributed by atoms with van der Waals surface area (Å²) in [5.41, 5.74) is -0.330. The molecule has 0 spiro atoms. The van der Waals surface area contributed by atoms with Gasteiger partial charge in [0.25, 0.3) is 0 Å². The van der Waals surface area contributed by atoms with Gasteiger partial charge in [0.2, 0.25) is 17.6 Å². The van der Waals surface area contributed by atoms with Gasteiger partial charge in [0.1, 0.15) is 12.1 Å². The zero-order chi connectivity index (χ0) is 27.2. The standard InChI is InChI=1S/C23H35F3N4O6/c1-13(2)17(27-22(34)29-9-11-35-12-10-29)21(33)28-20(32)16-7-6-8-30(16)18(14(3)4)19(23(24,25)26)36-15(5)31/h13-14,16-17H,6-12H2,1-5H3,(H,27,34)(H,28,32,33)/b19-18+/t16-,17-/m0/s1. The molecule has 2 aliphatic rings. The number of alkyl halides is 3. The van der Waals surface area contributed by atoms with Gasteiger partial charge in [0.05, 0.1) is 18.9 Å². The van der Waals surface area contributed by atoms with Crippen LogP contribution in [0.4, 0.5) is 18.0 Å². The zero-order valence-corrected chi connectivity index (χ0v) is 21.2. The van der Waals surface area contributed by atoms with Gasteiger partial charge in [-0.25, -0.2) is 4.79 Å². The molecule has 0 aromatic carbocycles. The molecule has 2 aliphatic heterocycles. The lowest BCUT2D eigenvalue weighted by atomic mass is 10.0. The van der Waals surface area contributed by atoms with E-state index in [1.54, 1.807) is 13.8 Å². The van der Waals surface area contributed by atoms with E-state index in [4.69, 9.17) is 4.74 Å². The van der Waals surface area contributed by atoms with Crippen molar-refractivity contribution in [1.29, 1.82) is 0 Å². The third kappa shape index (κ3) is 7.58. The predicted molar refractivity (Wildman–Crippen MR) is 122 cm³/mol. The number of carbonyl (C=O) groups is 4. The van der Waals surface area contributed by atoms with Gasteiger partial charge in [-0.3, -0.25) is 19.7 Å². The van der Waals surface area contributed by atoms with Gasteiger partial charge in [0.15, 0.2) is 0 Å². The number of urea groups is 1. The number of likely N-dealkylation sites (tertiary alicyclic amines) is 1. The predicted octanol–water partition coefficient (Wildman–Crippen LogP) is 2.15. The van der Waals surface area contributed by atoms with Crippen LogP contribution in [0.2, 0.25) is 0 Å². The molecule has 10 nitrogen and oxygen atoms in total. The Morgan fingerprint density at radius 1 is 1.03 bits per heavy atom. The van der Waals surface area contributed by atoms with Crippen molar-refractivity contribution in [3.8, 4) is 0 Å². The largest absolute Gasteiger partial charge is 0.451 e. The molecule has 0 aliphatic carbocycles. The molecule has 4 amide bonds. The van der Waals surface area contributed by atoms with Crippen molar-refractivity contribution in [2.75, 3.05) is 32.8 Å². The van der Waals surface area contributed by atoms with Crippen molar-refractivity contribution in [2.24, 2.45) is 11.8 Å². The molecule has 2 saturated heterocycles. The van der Waals surface area contributed by atoms with Gasteiger partial charge >= 0.3 is 18.2 Å². The van der Waals surface area contributed by atoms with Crippen LogP contribution >= 0.6 is 0 Å². The SMILES string of the molecule is CC(=O)O/C(=C(\C(C)C)N1CCC[C@H]1C(=O)NC(=O)[C@@H](NC(=O)N1CCOCC1)C(C)C)C(F)(F)F. The third-order valence-corrected chi connectivity index (χ3v) is 5.92. The van der Waals surface area contributed by atoms with Crippen molar-refractivity contribution < 1.29 is 41.8 Å². The van der Waals surface area contributed by atoms with Gasteiger partial charge in [-0.15, -0.1) is 0 Å². The highest BCUT2D eigenvalue weighted by molar-refractivity contribution is 6.01. The van der Waals surface area contributed by atoms with E-state index in [0.29, 0.717) is 32.7 Å². The zero-order valence-electron chi connectivity index (χ0n) is 21.2. The number of allylic oxidation sites excluding steroid dienone is 2. The van der Waals surface area contributed by atoms with Crippen molar-refractivity contribution in [1.82, 2.24) is 20.4 Å². The summed E-state index contributed by atoms with van der Waals surface area (Å²) in [7, 11) is 0. The van der Waals surface area contributed by atoms with Crippen LogP contribution in [0.25, 0.3) is 0 Å². The van der Waals surface area contributed by atoms with E-state index in [1.165, 1.54) is 23.6 Å². The maximum absolute atomic E-state index is 13.8. The van der Waals surface area contributed by atoms with Crippen molar-refractivity contribution in [3.63, 3.8) is 0 Å². The first kappa shape index (κ1) is 29.4. The number of morpholine rings is 1. The fourth-order valence-electron chi connectivity index (χ4n) is 4.26. The Kier molecular flexibility index (Phi) is 10.1. The Bertz CT molecular complexity index is 868. The molecular weight excluding hydrogens is 485 g/mol. The average molecular weight is 521 g/mol. The van der Waals surface area contributed by atoms with Gasteiger partial charge in [-0.05, 0) is 24.7 Å². The van der Waals surface area contributed by atoms with E-state index in [2.05, 4.69) is 15.4 Å². The van der Waals surface area contributed by atoms with Crippen molar-refractivity contribution in [3.05, 3.63) is 11.5 Å². The number of hydrogen-bond donors (Lipinski definition) is 2. The molecule has 0 saturated carbocycles. The second-order valence-electron chi connectivity index (χ2n) is 9.44. The molecule has 2 rings (SSSR count). The fraction of sp³-hybridized carbons (Fsp3) is 0.739. The van der Waals surface area contributed by atoms with E-state index in [-0.39, 0.29) is 24.6 Å². The Labute approximate surface area is 208 Å². The van der Waals surface area contributed by atoms with Crippen LogP contribution in [-0.2, 0) is 23.9 Å². The number of esters is 1. The van der Waals surface area contributed by atoms with Gasteiger partial charge in [-0.1, -0.05) is 27.7 Å². The molecular formula is C23H35F3N4O6. The highest BCUT2D eigenvalue weighted by Gasteiger charge is 2.45. The number of halogens is 3. The highest BCUT2D eigenvalue weighted by Crippen LogP contribution is 2.37.